The lowest BCUT2D eigenvalue weighted by Crippen LogP contribution is -2.54. The zero-order chi connectivity index (χ0) is 28.6. The molecule has 0 saturated carbocycles. The molecule has 206 valence electrons. The van der Waals surface area contributed by atoms with E-state index in [-0.39, 0.29) is 28.2 Å². The van der Waals surface area contributed by atoms with E-state index in [9.17, 15) is 14.0 Å². The Bertz CT molecular complexity index is 1660. The summed E-state index contributed by atoms with van der Waals surface area (Å²) in [5, 5.41) is 0.825. The van der Waals surface area contributed by atoms with Crippen molar-refractivity contribution in [3.8, 4) is 16.9 Å². The molecule has 0 aliphatic carbocycles. The molecule has 9 heteroatoms. The van der Waals surface area contributed by atoms with E-state index in [1.54, 1.807) is 33.7 Å². The number of piperazine rings is 1. The van der Waals surface area contributed by atoms with Gasteiger partial charge in [0, 0.05) is 31.2 Å². The maximum atomic E-state index is 14.9. The number of fused-ring (bicyclic) bond motifs is 1. The van der Waals surface area contributed by atoms with E-state index in [2.05, 4.69) is 11.6 Å². The van der Waals surface area contributed by atoms with Gasteiger partial charge in [-0.1, -0.05) is 62.4 Å². The summed E-state index contributed by atoms with van der Waals surface area (Å²) in [6.45, 7) is 11.0. The van der Waals surface area contributed by atoms with E-state index in [1.807, 2.05) is 43.9 Å². The number of aryl methyl sites for hydroxylation is 2. The number of hydrogen-bond acceptors (Lipinski definition) is 5. The second-order valence-electron chi connectivity index (χ2n) is 9.89. The standard InChI is InChI=1S/C31H31ClFN5O2/c1-5-20-11-10-12-21(6-2)28(20)38-30-23(17-24(32)27(34-30)22-13-8-9-14-25(22)33)29(35-31(38)40)37-16-15-36(18-19(37)4)26(39)7-3/h7-14,17,19H,3,5-6,15-16,18H2,1-2,4H3/t19-/m0/s1. The Kier molecular flexibility index (Phi) is 7.72. The van der Waals surface area contributed by atoms with Gasteiger partial charge in [0.05, 0.1) is 21.8 Å². The SMILES string of the molecule is C=CC(=O)N1CCN(c2nc(=O)n(-c3c(CC)cccc3CC)c3nc(-c4ccccc4F)c(Cl)cc23)[C@@H](C)C1. The fourth-order valence-electron chi connectivity index (χ4n) is 5.47. The van der Waals surface area contributed by atoms with Gasteiger partial charge < -0.3 is 9.80 Å². The topological polar surface area (TPSA) is 71.3 Å². The Morgan fingerprint density at radius 2 is 1.80 bits per heavy atom. The Morgan fingerprint density at radius 3 is 2.42 bits per heavy atom. The molecule has 1 saturated heterocycles. The van der Waals surface area contributed by atoms with Crippen molar-refractivity contribution in [3.05, 3.63) is 93.6 Å². The molecular formula is C31H31ClFN5O2. The number of carbonyl (C=O) groups excluding carboxylic acids is 1. The highest BCUT2D eigenvalue weighted by atomic mass is 35.5. The summed E-state index contributed by atoms with van der Waals surface area (Å²) in [6, 6.07) is 13.9. The maximum absolute atomic E-state index is 14.9. The van der Waals surface area contributed by atoms with E-state index in [4.69, 9.17) is 16.6 Å². The van der Waals surface area contributed by atoms with Gasteiger partial charge in [0.1, 0.15) is 11.6 Å². The highest BCUT2D eigenvalue weighted by Gasteiger charge is 2.30. The minimum atomic E-state index is -0.482. The highest BCUT2D eigenvalue weighted by Crippen LogP contribution is 2.36. The van der Waals surface area contributed by atoms with E-state index >= 15 is 0 Å². The van der Waals surface area contributed by atoms with Crippen molar-refractivity contribution in [2.45, 2.75) is 39.7 Å². The summed E-state index contributed by atoms with van der Waals surface area (Å²) in [5.74, 6) is -0.155. The first kappa shape index (κ1) is 27.5. The van der Waals surface area contributed by atoms with Crippen molar-refractivity contribution < 1.29 is 9.18 Å². The molecule has 2 aromatic carbocycles. The van der Waals surface area contributed by atoms with Crippen molar-refractivity contribution in [2.24, 2.45) is 0 Å². The van der Waals surface area contributed by atoms with Crippen molar-refractivity contribution in [3.63, 3.8) is 0 Å². The molecule has 0 unspecified atom stereocenters. The van der Waals surface area contributed by atoms with Gasteiger partial charge in [0.2, 0.25) is 5.91 Å². The molecule has 1 amide bonds. The van der Waals surface area contributed by atoms with Crippen LogP contribution in [-0.2, 0) is 17.6 Å². The van der Waals surface area contributed by atoms with Crippen LogP contribution in [-0.4, -0.2) is 51.0 Å². The smallest absolute Gasteiger partial charge is 0.350 e. The first-order valence-corrected chi connectivity index (χ1v) is 13.8. The molecule has 0 spiro atoms. The number of hydrogen-bond donors (Lipinski definition) is 0. The molecule has 40 heavy (non-hydrogen) atoms. The number of para-hydroxylation sites is 1. The van der Waals surface area contributed by atoms with Gasteiger partial charge in [0.25, 0.3) is 0 Å². The summed E-state index contributed by atoms with van der Waals surface area (Å²) in [4.78, 5) is 39.4. The molecule has 1 aliphatic rings. The molecule has 0 N–H and O–H groups in total. The van der Waals surface area contributed by atoms with Crippen molar-refractivity contribution in [1.29, 1.82) is 0 Å². The number of nitrogens with zero attached hydrogens (tertiary/aromatic N) is 5. The third kappa shape index (κ3) is 4.77. The van der Waals surface area contributed by atoms with Gasteiger partial charge in [-0.05, 0) is 55.2 Å². The normalized spacial score (nSPS) is 15.5. The van der Waals surface area contributed by atoms with Crippen LogP contribution in [0.25, 0.3) is 28.0 Å². The van der Waals surface area contributed by atoms with Crippen LogP contribution in [0.3, 0.4) is 0 Å². The van der Waals surface area contributed by atoms with Gasteiger partial charge in [-0.25, -0.2) is 18.7 Å². The zero-order valence-electron chi connectivity index (χ0n) is 22.8. The third-order valence-corrected chi connectivity index (χ3v) is 7.79. The minimum absolute atomic E-state index is 0.136. The number of anilines is 1. The molecule has 1 fully saturated rings. The van der Waals surface area contributed by atoms with Crippen molar-refractivity contribution in [1.82, 2.24) is 19.4 Å². The molecule has 7 nitrogen and oxygen atoms in total. The van der Waals surface area contributed by atoms with Crippen LogP contribution in [0.4, 0.5) is 10.2 Å². The predicted octanol–water partition coefficient (Wildman–Crippen LogP) is 5.59. The van der Waals surface area contributed by atoms with Gasteiger partial charge in [-0.3, -0.25) is 4.79 Å². The molecule has 2 aromatic heterocycles. The molecule has 0 bridgehead atoms. The number of pyridine rings is 1. The first-order valence-electron chi connectivity index (χ1n) is 13.5. The quantitative estimate of drug-likeness (QED) is 0.288. The summed E-state index contributed by atoms with van der Waals surface area (Å²) in [6.07, 6.45) is 2.70. The molecule has 1 aliphatic heterocycles. The zero-order valence-corrected chi connectivity index (χ0v) is 23.6. The van der Waals surface area contributed by atoms with E-state index in [0.717, 1.165) is 16.8 Å². The average molecular weight is 560 g/mol. The average Bonchev–Trinajstić information content (AvgIpc) is 2.96. The van der Waals surface area contributed by atoms with E-state index in [1.165, 1.54) is 12.1 Å². The molecule has 3 heterocycles. The molecular weight excluding hydrogens is 529 g/mol. The number of rotatable bonds is 6. The van der Waals surface area contributed by atoms with Gasteiger partial charge in [-0.15, -0.1) is 0 Å². The van der Waals surface area contributed by atoms with Crippen LogP contribution in [0.5, 0.6) is 0 Å². The molecule has 0 radical (unpaired) electrons. The molecule has 4 aromatic rings. The Balaban J connectivity index is 1.81. The second kappa shape index (κ2) is 11.2. The number of amides is 1. The number of carbonyl (C=O) groups is 1. The van der Waals surface area contributed by atoms with Crippen LogP contribution >= 0.6 is 11.6 Å². The molecule has 1 atom stereocenters. The Hall–Kier alpha value is -4.04. The van der Waals surface area contributed by atoms with Crippen LogP contribution in [0.15, 0.2) is 66.0 Å². The Morgan fingerprint density at radius 1 is 1.10 bits per heavy atom. The number of aromatic nitrogens is 3. The van der Waals surface area contributed by atoms with E-state index < -0.39 is 11.5 Å². The first-order chi connectivity index (χ1) is 19.3. The minimum Gasteiger partial charge on any atom is -0.350 e. The van der Waals surface area contributed by atoms with E-state index in [0.29, 0.717) is 49.3 Å². The summed E-state index contributed by atoms with van der Waals surface area (Å²) >= 11 is 6.77. The van der Waals surface area contributed by atoms with Gasteiger partial charge in [-0.2, -0.15) is 4.98 Å². The number of halogens is 2. The van der Waals surface area contributed by atoms with Crippen LogP contribution < -0.4 is 10.6 Å². The third-order valence-electron chi connectivity index (χ3n) is 7.50. The predicted molar refractivity (Wildman–Crippen MR) is 158 cm³/mol. The van der Waals surface area contributed by atoms with Gasteiger partial charge in [0.15, 0.2) is 5.65 Å². The number of benzene rings is 2. The molecule has 5 rings (SSSR count). The fourth-order valence-corrected chi connectivity index (χ4v) is 5.73. The van der Waals surface area contributed by atoms with Crippen molar-refractivity contribution in [2.75, 3.05) is 24.5 Å². The lowest BCUT2D eigenvalue weighted by molar-refractivity contribution is -0.126. The fraction of sp³-hybridized carbons (Fsp3) is 0.290. The lowest BCUT2D eigenvalue weighted by atomic mass is 10.0. The van der Waals surface area contributed by atoms with Gasteiger partial charge >= 0.3 is 5.69 Å². The highest BCUT2D eigenvalue weighted by molar-refractivity contribution is 6.33. The maximum Gasteiger partial charge on any atom is 0.355 e. The largest absolute Gasteiger partial charge is 0.355 e. The second-order valence-corrected chi connectivity index (χ2v) is 10.3. The van der Waals surface area contributed by atoms with Crippen LogP contribution in [0.1, 0.15) is 31.9 Å². The summed E-state index contributed by atoms with van der Waals surface area (Å²) in [5.41, 5.74) is 3.06. The van der Waals surface area contributed by atoms with Crippen LogP contribution in [0, 0.1) is 5.82 Å². The van der Waals surface area contributed by atoms with Crippen LogP contribution in [0.2, 0.25) is 5.02 Å². The monoisotopic (exact) mass is 559 g/mol. The Labute approximate surface area is 237 Å². The van der Waals surface area contributed by atoms with Crippen molar-refractivity contribution >= 4 is 34.4 Å². The summed E-state index contributed by atoms with van der Waals surface area (Å²) in [7, 11) is 0. The lowest BCUT2D eigenvalue weighted by Gasteiger charge is -2.40. The summed E-state index contributed by atoms with van der Waals surface area (Å²) < 4.78 is 16.5.